The van der Waals surface area contributed by atoms with Crippen molar-refractivity contribution < 1.29 is 14.4 Å². The summed E-state index contributed by atoms with van der Waals surface area (Å²) in [5, 5.41) is 5.99. The molecule has 0 aromatic heterocycles. The standard InChI is InChI=1S/C23H33N5O3S/c1-3-27(4-2)14-11-24-21(30)17-9-8-10-18(15-17)25-20(29)16-19-22(31)26-23(32-19)28-12-6-5-7-13-28/h8-10,15,19H,3-7,11-14,16H2,1-2H3,(H,24,30)(H,25,29). The number of amidine groups is 1. The molecule has 2 aliphatic heterocycles. The summed E-state index contributed by atoms with van der Waals surface area (Å²) in [6.45, 7) is 9.27. The summed E-state index contributed by atoms with van der Waals surface area (Å²) >= 11 is 1.38. The molecule has 3 amide bonds. The lowest BCUT2D eigenvalue weighted by atomic mass is 10.1. The average Bonchev–Trinajstić information content (AvgIpc) is 3.17. The Morgan fingerprint density at radius 2 is 1.94 bits per heavy atom. The van der Waals surface area contributed by atoms with Crippen LogP contribution in [-0.2, 0) is 9.59 Å². The van der Waals surface area contributed by atoms with Crippen molar-refractivity contribution in [3.8, 4) is 0 Å². The van der Waals surface area contributed by atoms with E-state index in [4.69, 9.17) is 0 Å². The number of nitrogens with one attached hydrogen (secondary N) is 2. The van der Waals surface area contributed by atoms with Gasteiger partial charge in [-0.15, -0.1) is 0 Å². The van der Waals surface area contributed by atoms with Crippen molar-refractivity contribution in [1.29, 1.82) is 0 Å². The molecule has 1 saturated heterocycles. The number of rotatable bonds is 9. The van der Waals surface area contributed by atoms with E-state index in [1.807, 2.05) is 0 Å². The van der Waals surface area contributed by atoms with Crippen molar-refractivity contribution in [3.63, 3.8) is 0 Å². The number of amides is 3. The second-order valence-electron chi connectivity index (χ2n) is 8.00. The zero-order chi connectivity index (χ0) is 22.9. The zero-order valence-electron chi connectivity index (χ0n) is 18.9. The fourth-order valence-electron chi connectivity index (χ4n) is 3.82. The fourth-order valence-corrected chi connectivity index (χ4v) is 4.93. The molecule has 1 fully saturated rings. The van der Waals surface area contributed by atoms with Gasteiger partial charge < -0.3 is 20.4 Å². The number of thioether (sulfide) groups is 1. The van der Waals surface area contributed by atoms with Crippen LogP contribution in [0.2, 0.25) is 0 Å². The van der Waals surface area contributed by atoms with E-state index in [1.165, 1.54) is 18.2 Å². The molecule has 9 heteroatoms. The number of piperidine rings is 1. The van der Waals surface area contributed by atoms with Gasteiger partial charge in [-0.2, -0.15) is 4.99 Å². The van der Waals surface area contributed by atoms with Crippen LogP contribution in [0.3, 0.4) is 0 Å². The van der Waals surface area contributed by atoms with Crippen LogP contribution in [0.15, 0.2) is 29.3 Å². The highest BCUT2D eigenvalue weighted by molar-refractivity contribution is 8.15. The maximum atomic E-state index is 12.5. The second-order valence-corrected chi connectivity index (χ2v) is 9.17. The van der Waals surface area contributed by atoms with Crippen LogP contribution in [-0.4, -0.2) is 77.2 Å². The van der Waals surface area contributed by atoms with Gasteiger partial charge in [-0.3, -0.25) is 14.4 Å². The van der Waals surface area contributed by atoms with Crippen LogP contribution < -0.4 is 10.6 Å². The number of benzene rings is 1. The Kier molecular flexibility index (Phi) is 9.11. The van der Waals surface area contributed by atoms with Crippen LogP contribution in [0.4, 0.5) is 5.69 Å². The number of likely N-dealkylation sites (tertiary alicyclic amines) is 1. The minimum atomic E-state index is -0.488. The first-order valence-corrected chi connectivity index (χ1v) is 12.3. The molecule has 1 atom stereocenters. The molecule has 1 unspecified atom stereocenters. The molecule has 3 rings (SSSR count). The van der Waals surface area contributed by atoms with E-state index in [2.05, 4.69) is 39.3 Å². The summed E-state index contributed by atoms with van der Waals surface area (Å²) in [5.41, 5.74) is 1.03. The molecular weight excluding hydrogens is 426 g/mol. The van der Waals surface area contributed by atoms with E-state index in [0.717, 1.165) is 50.7 Å². The third-order valence-electron chi connectivity index (χ3n) is 5.74. The molecule has 2 N–H and O–H groups in total. The lowest BCUT2D eigenvalue weighted by Crippen LogP contribution is -2.34. The highest BCUT2D eigenvalue weighted by Gasteiger charge is 2.33. The number of likely N-dealkylation sites (N-methyl/N-ethyl adjacent to an activating group) is 1. The van der Waals surface area contributed by atoms with Crippen molar-refractivity contribution in [2.24, 2.45) is 4.99 Å². The lowest BCUT2D eigenvalue weighted by Gasteiger charge is -2.27. The van der Waals surface area contributed by atoms with Crippen molar-refractivity contribution in [2.75, 3.05) is 44.6 Å². The number of hydrogen-bond acceptors (Lipinski definition) is 6. The zero-order valence-corrected chi connectivity index (χ0v) is 19.7. The molecule has 1 aromatic rings. The monoisotopic (exact) mass is 459 g/mol. The summed E-state index contributed by atoms with van der Waals surface area (Å²) in [6, 6.07) is 6.85. The van der Waals surface area contributed by atoms with Gasteiger partial charge in [-0.05, 0) is 50.6 Å². The third kappa shape index (κ3) is 6.80. The summed E-state index contributed by atoms with van der Waals surface area (Å²) in [4.78, 5) is 45.8. The SMILES string of the molecule is CCN(CC)CCNC(=O)c1cccc(NC(=O)CC2SC(N3CCCCC3)=NC2=O)c1. The number of aliphatic imine (C=N–C) groups is 1. The summed E-state index contributed by atoms with van der Waals surface area (Å²) in [7, 11) is 0. The predicted octanol–water partition coefficient (Wildman–Crippen LogP) is 2.57. The van der Waals surface area contributed by atoms with E-state index in [0.29, 0.717) is 17.8 Å². The van der Waals surface area contributed by atoms with Gasteiger partial charge in [0, 0.05) is 43.9 Å². The van der Waals surface area contributed by atoms with Gasteiger partial charge in [0.1, 0.15) is 5.25 Å². The highest BCUT2D eigenvalue weighted by atomic mass is 32.2. The smallest absolute Gasteiger partial charge is 0.262 e. The average molecular weight is 460 g/mol. The molecule has 0 aliphatic carbocycles. The van der Waals surface area contributed by atoms with E-state index < -0.39 is 5.25 Å². The Morgan fingerprint density at radius 1 is 1.19 bits per heavy atom. The topological polar surface area (TPSA) is 94.1 Å². The molecule has 0 saturated carbocycles. The van der Waals surface area contributed by atoms with Gasteiger partial charge in [0.05, 0.1) is 0 Å². The number of anilines is 1. The Hall–Kier alpha value is -2.39. The molecule has 32 heavy (non-hydrogen) atoms. The van der Waals surface area contributed by atoms with E-state index in [-0.39, 0.29) is 24.1 Å². The first-order chi connectivity index (χ1) is 15.5. The number of nitrogens with zero attached hydrogens (tertiary/aromatic N) is 3. The number of carbonyl (C=O) groups is 3. The predicted molar refractivity (Wildman–Crippen MR) is 129 cm³/mol. The Morgan fingerprint density at radius 3 is 2.66 bits per heavy atom. The normalized spacial score (nSPS) is 18.6. The van der Waals surface area contributed by atoms with Gasteiger partial charge in [-0.1, -0.05) is 31.7 Å². The van der Waals surface area contributed by atoms with Gasteiger partial charge in [-0.25, -0.2) is 0 Å². The minimum Gasteiger partial charge on any atom is -0.351 e. The van der Waals surface area contributed by atoms with Gasteiger partial charge in [0.15, 0.2) is 5.17 Å². The molecule has 0 bridgehead atoms. The first-order valence-electron chi connectivity index (χ1n) is 11.4. The van der Waals surface area contributed by atoms with E-state index in [9.17, 15) is 14.4 Å². The summed E-state index contributed by atoms with van der Waals surface area (Å²) in [5.74, 6) is -0.675. The fraction of sp³-hybridized carbons (Fsp3) is 0.565. The second kappa shape index (κ2) is 12.0. The van der Waals surface area contributed by atoms with Gasteiger partial charge in [0.2, 0.25) is 5.91 Å². The molecule has 0 spiro atoms. The van der Waals surface area contributed by atoms with Crippen LogP contribution in [0.25, 0.3) is 0 Å². The largest absolute Gasteiger partial charge is 0.351 e. The summed E-state index contributed by atoms with van der Waals surface area (Å²) in [6.07, 6.45) is 3.49. The Balaban J connectivity index is 1.48. The first kappa shape index (κ1) is 24.3. The molecule has 0 radical (unpaired) electrons. The Bertz CT molecular complexity index is 850. The van der Waals surface area contributed by atoms with Crippen LogP contribution in [0, 0.1) is 0 Å². The molecule has 174 valence electrons. The van der Waals surface area contributed by atoms with Crippen molar-refractivity contribution in [1.82, 2.24) is 15.1 Å². The number of hydrogen-bond donors (Lipinski definition) is 2. The quantitative estimate of drug-likeness (QED) is 0.590. The Labute approximate surface area is 194 Å². The maximum Gasteiger partial charge on any atom is 0.262 e. The van der Waals surface area contributed by atoms with Crippen LogP contribution >= 0.6 is 11.8 Å². The van der Waals surface area contributed by atoms with Crippen LogP contribution in [0.1, 0.15) is 49.9 Å². The number of carbonyl (C=O) groups excluding carboxylic acids is 3. The minimum absolute atomic E-state index is 0.0602. The van der Waals surface area contributed by atoms with Crippen molar-refractivity contribution in [2.45, 2.75) is 44.8 Å². The van der Waals surface area contributed by atoms with Crippen molar-refractivity contribution >= 4 is 40.3 Å². The highest BCUT2D eigenvalue weighted by Crippen LogP contribution is 2.29. The molecule has 2 heterocycles. The van der Waals surface area contributed by atoms with Crippen molar-refractivity contribution in [3.05, 3.63) is 29.8 Å². The molecule has 1 aromatic carbocycles. The lowest BCUT2D eigenvalue weighted by molar-refractivity contribution is -0.121. The molecule has 2 aliphatic rings. The van der Waals surface area contributed by atoms with Gasteiger partial charge in [0.25, 0.3) is 11.8 Å². The maximum absolute atomic E-state index is 12.5. The van der Waals surface area contributed by atoms with E-state index >= 15 is 0 Å². The van der Waals surface area contributed by atoms with E-state index in [1.54, 1.807) is 24.3 Å². The van der Waals surface area contributed by atoms with Gasteiger partial charge >= 0.3 is 0 Å². The van der Waals surface area contributed by atoms with Crippen LogP contribution in [0.5, 0.6) is 0 Å². The summed E-state index contributed by atoms with van der Waals surface area (Å²) < 4.78 is 0. The molecular formula is C23H33N5O3S. The molecule has 8 nitrogen and oxygen atoms in total. The third-order valence-corrected chi connectivity index (χ3v) is 6.96.